The molecule has 1 heterocycles. The summed E-state index contributed by atoms with van der Waals surface area (Å²) in [6, 6.07) is 0. The van der Waals surface area contributed by atoms with Crippen LogP contribution in [-0.4, -0.2) is 26.8 Å². The van der Waals surface area contributed by atoms with Crippen LogP contribution >= 0.6 is 0 Å². The maximum absolute atomic E-state index is 11.1. The predicted molar refractivity (Wildman–Crippen MR) is 46.2 cm³/mol. The molecular weight excluding hydrogens is 190 g/mol. The number of carbonyl (C=O) groups excluding carboxylic acids is 1. The third-order valence-electron chi connectivity index (χ3n) is 1.49. The number of carboxylic acids is 1. The molecule has 1 aromatic heterocycles. The molecule has 0 saturated carbocycles. The summed E-state index contributed by atoms with van der Waals surface area (Å²) in [6.45, 7) is 1.10. The van der Waals surface area contributed by atoms with E-state index >= 15 is 0 Å². The van der Waals surface area contributed by atoms with E-state index in [1.807, 2.05) is 4.98 Å². The lowest BCUT2D eigenvalue weighted by Gasteiger charge is -2.00. The minimum absolute atomic E-state index is 0.287. The molecule has 0 bridgehead atoms. The zero-order chi connectivity index (χ0) is 10.9. The largest absolute Gasteiger partial charge is 0.477 e. The molecule has 0 aromatic carbocycles. The van der Waals surface area contributed by atoms with E-state index in [0.29, 0.717) is 0 Å². The van der Waals surface area contributed by atoms with E-state index < -0.39 is 28.6 Å². The Hall–Kier alpha value is -2.18. The molecule has 0 fully saturated rings. The van der Waals surface area contributed by atoms with Crippen molar-refractivity contribution in [1.82, 2.24) is 9.97 Å². The van der Waals surface area contributed by atoms with Gasteiger partial charge >= 0.3 is 5.97 Å². The lowest BCUT2D eigenvalue weighted by molar-refractivity contribution is 0.0689. The number of H-pyrrole nitrogens is 1. The fourth-order valence-electron chi connectivity index (χ4n) is 0.944. The highest BCUT2D eigenvalue weighted by Crippen LogP contribution is 2.02. The normalized spacial score (nSPS) is 9.79. The first-order valence-electron chi connectivity index (χ1n) is 3.57. The van der Waals surface area contributed by atoms with Crippen molar-refractivity contribution in [1.29, 1.82) is 0 Å². The Morgan fingerprint density at radius 2 is 2.07 bits per heavy atom. The molecule has 1 rings (SSSR count). The van der Waals surface area contributed by atoms with Gasteiger partial charge in [0.2, 0.25) is 5.95 Å². The number of nitrogen functional groups attached to an aromatic ring is 1. The number of aromatic carboxylic acids is 1. The number of anilines is 1. The van der Waals surface area contributed by atoms with Crippen molar-refractivity contribution in [3.05, 3.63) is 21.6 Å². The second-order valence-corrected chi connectivity index (χ2v) is 2.54. The second-order valence-electron chi connectivity index (χ2n) is 2.54. The van der Waals surface area contributed by atoms with Crippen LogP contribution in [0.2, 0.25) is 0 Å². The number of aromatic amines is 1. The molecule has 4 N–H and O–H groups in total. The number of Topliss-reactive ketones (excluding diaryl/α,β-unsaturated/α-hetero) is 1. The summed E-state index contributed by atoms with van der Waals surface area (Å²) in [5.41, 5.74) is 3.10. The highest BCUT2D eigenvalue weighted by Gasteiger charge is 2.20. The molecule has 0 aliphatic carbocycles. The molecule has 0 spiro atoms. The molecule has 0 aliphatic heterocycles. The first kappa shape index (κ1) is 9.90. The summed E-state index contributed by atoms with van der Waals surface area (Å²) in [7, 11) is 0. The van der Waals surface area contributed by atoms with Gasteiger partial charge in [-0.3, -0.25) is 14.6 Å². The Morgan fingerprint density at radius 1 is 1.50 bits per heavy atom. The van der Waals surface area contributed by atoms with E-state index in [1.54, 1.807) is 0 Å². The Kier molecular flexibility index (Phi) is 2.32. The van der Waals surface area contributed by atoms with Crippen molar-refractivity contribution >= 4 is 17.7 Å². The average molecular weight is 197 g/mol. The SMILES string of the molecule is CC(=O)c1nc(N)[nH]c(=O)c1C(=O)O. The maximum atomic E-state index is 11.1. The summed E-state index contributed by atoms with van der Waals surface area (Å²) in [4.78, 5) is 38.1. The molecule has 0 unspecified atom stereocenters. The average Bonchev–Trinajstić information content (AvgIpc) is 2.01. The first-order valence-corrected chi connectivity index (χ1v) is 3.57. The molecule has 14 heavy (non-hydrogen) atoms. The molecular formula is C7H7N3O4. The number of ketones is 1. The fourth-order valence-corrected chi connectivity index (χ4v) is 0.944. The third kappa shape index (κ3) is 1.60. The lowest BCUT2D eigenvalue weighted by atomic mass is 10.2. The Morgan fingerprint density at radius 3 is 2.50 bits per heavy atom. The molecule has 1 aromatic rings. The Labute approximate surface area is 77.6 Å². The van der Waals surface area contributed by atoms with Crippen LogP contribution in [0.4, 0.5) is 5.95 Å². The standard InChI is InChI=1S/C7H7N3O4/c1-2(11)4-3(6(13)14)5(12)10-7(8)9-4/h1H3,(H,13,14)(H3,8,9,10,12). The molecule has 0 atom stereocenters. The maximum Gasteiger partial charge on any atom is 0.343 e. The van der Waals surface area contributed by atoms with Crippen LogP contribution in [0.25, 0.3) is 0 Å². The Balaban J connectivity index is 3.61. The number of carbonyl (C=O) groups is 2. The topological polar surface area (TPSA) is 126 Å². The van der Waals surface area contributed by atoms with Crippen LogP contribution in [0.3, 0.4) is 0 Å². The third-order valence-corrected chi connectivity index (χ3v) is 1.49. The van der Waals surface area contributed by atoms with Crippen molar-refractivity contribution in [2.24, 2.45) is 0 Å². The summed E-state index contributed by atoms with van der Waals surface area (Å²) in [5.74, 6) is -2.42. The van der Waals surface area contributed by atoms with Gasteiger partial charge in [0, 0.05) is 6.92 Å². The van der Waals surface area contributed by atoms with Crippen molar-refractivity contribution in [2.75, 3.05) is 5.73 Å². The van der Waals surface area contributed by atoms with E-state index in [-0.39, 0.29) is 5.95 Å². The van der Waals surface area contributed by atoms with Gasteiger partial charge < -0.3 is 10.8 Å². The van der Waals surface area contributed by atoms with Gasteiger partial charge in [0.25, 0.3) is 5.56 Å². The number of nitrogens with two attached hydrogens (primary N) is 1. The second kappa shape index (κ2) is 3.29. The fraction of sp³-hybridized carbons (Fsp3) is 0.143. The Bertz CT molecular complexity index is 462. The molecule has 7 nitrogen and oxygen atoms in total. The number of nitrogens with zero attached hydrogens (tertiary/aromatic N) is 1. The van der Waals surface area contributed by atoms with Crippen molar-refractivity contribution < 1.29 is 14.7 Å². The van der Waals surface area contributed by atoms with Crippen LogP contribution in [0.5, 0.6) is 0 Å². The highest BCUT2D eigenvalue weighted by atomic mass is 16.4. The molecule has 0 radical (unpaired) electrons. The smallest absolute Gasteiger partial charge is 0.343 e. The van der Waals surface area contributed by atoms with Gasteiger partial charge in [0.15, 0.2) is 11.3 Å². The summed E-state index contributed by atoms with van der Waals surface area (Å²) in [6.07, 6.45) is 0. The van der Waals surface area contributed by atoms with Gasteiger partial charge in [-0.1, -0.05) is 0 Å². The number of aromatic nitrogens is 2. The first-order chi connectivity index (χ1) is 6.43. The van der Waals surface area contributed by atoms with E-state index in [0.717, 1.165) is 6.92 Å². The number of carboxylic acid groups (broad SMARTS) is 1. The van der Waals surface area contributed by atoms with Gasteiger partial charge in [-0.2, -0.15) is 0 Å². The highest BCUT2D eigenvalue weighted by molar-refractivity contribution is 6.03. The number of hydrogen-bond acceptors (Lipinski definition) is 5. The molecule has 7 heteroatoms. The number of nitrogens with one attached hydrogen (secondary N) is 1. The van der Waals surface area contributed by atoms with E-state index in [9.17, 15) is 14.4 Å². The van der Waals surface area contributed by atoms with Crippen molar-refractivity contribution in [3.8, 4) is 0 Å². The van der Waals surface area contributed by atoms with Gasteiger partial charge in [0.1, 0.15) is 5.69 Å². The minimum atomic E-state index is -1.51. The minimum Gasteiger partial charge on any atom is -0.477 e. The van der Waals surface area contributed by atoms with Crippen LogP contribution in [0.15, 0.2) is 4.79 Å². The van der Waals surface area contributed by atoms with E-state index in [2.05, 4.69) is 4.98 Å². The molecule has 74 valence electrons. The van der Waals surface area contributed by atoms with E-state index in [4.69, 9.17) is 10.8 Å². The zero-order valence-corrected chi connectivity index (χ0v) is 7.20. The number of rotatable bonds is 2. The lowest BCUT2D eigenvalue weighted by Crippen LogP contribution is -2.25. The zero-order valence-electron chi connectivity index (χ0n) is 7.20. The van der Waals surface area contributed by atoms with Crippen LogP contribution < -0.4 is 11.3 Å². The number of hydrogen-bond donors (Lipinski definition) is 3. The van der Waals surface area contributed by atoms with Gasteiger partial charge in [-0.05, 0) is 0 Å². The quantitative estimate of drug-likeness (QED) is 0.535. The van der Waals surface area contributed by atoms with Gasteiger partial charge in [-0.25, -0.2) is 9.78 Å². The van der Waals surface area contributed by atoms with Gasteiger partial charge in [-0.15, -0.1) is 0 Å². The van der Waals surface area contributed by atoms with E-state index in [1.165, 1.54) is 0 Å². The van der Waals surface area contributed by atoms with Crippen LogP contribution in [0, 0.1) is 0 Å². The molecule has 0 aliphatic rings. The predicted octanol–water partition coefficient (Wildman–Crippen LogP) is -0.747. The van der Waals surface area contributed by atoms with Crippen molar-refractivity contribution in [3.63, 3.8) is 0 Å². The summed E-state index contributed by atoms with van der Waals surface area (Å²) >= 11 is 0. The van der Waals surface area contributed by atoms with Crippen LogP contribution in [-0.2, 0) is 0 Å². The van der Waals surface area contributed by atoms with Gasteiger partial charge in [0.05, 0.1) is 0 Å². The van der Waals surface area contributed by atoms with Crippen LogP contribution in [0.1, 0.15) is 27.8 Å². The monoisotopic (exact) mass is 197 g/mol. The summed E-state index contributed by atoms with van der Waals surface area (Å²) < 4.78 is 0. The summed E-state index contributed by atoms with van der Waals surface area (Å²) in [5, 5.41) is 8.63. The molecule has 0 saturated heterocycles. The van der Waals surface area contributed by atoms with Crippen molar-refractivity contribution in [2.45, 2.75) is 6.92 Å². The molecule has 0 amide bonds.